The maximum atomic E-state index is 2.47. The molecule has 0 amide bonds. The molecular formula is C13H26N+. The van der Waals surface area contributed by atoms with Crippen LogP contribution in [0.2, 0.25) is 0 Å². The van der Waals surface area contributed by atoms with E-state index in [2.05, 4.69) is 20.8 Å². The van der Waals surface area contributed by atoms with Gasteiger partial charge in [-0.2, -0.15) is 0 Å². The molecule has 0 aromatic heterocycles. The Hall–Kier alpha value is -0.0400. The molecule has 2 unspecified atom stereocenters. The van der Waals surface area contributed by atoms with Gasteiger partial charge in [-0.25, -0.2) is 0 Å². The van der Waals surface area contributed by atoms with Gasteiger partial charge in [-0.15, -0.1) is 0 Å². The summed E-state index contributed by atoms with van der Waals surface area (Å²) in [6.45, 7) is 13.3. The zero-order chi connectivity index (χ0) is 10.2. The van der Waals surface area contributed by atoms with Gasteiger partial charge in [0.15, 0.2) is 0 Å². The van der Waals surface area contributed by atoms with Gasteiger partial charge in [0.1, 0.15) is 0 Å². The Balaban J connectivity index is 2.06. The minimum Gasteiger partial charge on any atom is -0.323 e. The first-order valence-electron chi connectivity index (χ1n) is 6.48. The molecule has 1 heteroatoms. The van der Waals surface area contributed by atoms with Crippen molar-refractivity contribution in [3.05, 3.63) is 0 Å². The van der Waals surface area contributed by atoms with Crippen molar-refractivity contribution in [3.8, 4) is 0 Å². The van der Waals surface area contributed by atoms with Crippen LogP contribution in [0.5, 0.6) is 0 Å². The predicted molar refractivity (Wildman–Crippen MR) is 61.1 cm³/mol. The van der Waals surface area contributed by atoms with Crippen molar-refractivity contribution in [2.24, 2.45) is 17.8 Å². The summed E-state index contributed by atoms with van der Waals surface area (Å²) in [5.74, 6) is 2.83. The fourth-order valence-corrected chi connectivity index (χ4v) is 3.74. The van der Waals surface area contributed by atoms with E-state index < -0.39 is 0 Å². The van der Waals surface area contributed by atoms with Crippen molar-refractivity contribution in [3.63, 3.8) is 0 Å². The molecule has 0 aromatic carbocycles. The highest BCUT2D eigenvalue weighted by molar-refractivity contribution is 4.75. The Morgan fingerprint density at radius 2 is 1.29 bits per heavy atom. The number of piperidine rings is 2. The number of hydrogen-bond acceptors (Lipinski definition) is 0. The van der Waals surface area contributed by atoms with Gasteiger partial charge >= 0.3 is 0 Å². The average Bonchev–Trinajstić information content (AvgIpc) is 2.15. The van der Waals surface area contributed by atoms with Gasteiger partial charge in [0.25, 0.3) is 0 Å². The van der Waals surface area contributed by atoms with Crippen LogP contribution in [0.4, 0.5) is 0 Å². The van der Waals surface area contributed by atoms with Crippen LogP contribution in [0.3, 0.4) is 0 Å². The Morgan fingerprint density at radius 3 is 1.79 bits per heavy atom. The lowest BCUT2D eigenvalue weighted by atomic mass is 9.79. The summed E-state index contributed by atoms with van der Waals surface area (Å²) in [4.78, 5) is 0. The zero-order valence-corrected chi connectivity index (χ0v) is 10.1. The van der Waals surface area contributed by atoms with Crippen LogP contribution in [0.15, 0.2) is 0 Å². The summed E-state index contributed by atoms with van der Waals surface area (Å²) in [5, 5.41) is 0. The van der Waals surface area contributed by atoms with Gasteiger partial charge in [0, 0.05) is 11.8 Å². The minimum absolute atomic E-state index is 0.942. The number of hydrogen-bond donors (Lipinski definition) is 0. The topological polar surface area (TPSA) is 0 Å². The van der Waals surface area contributed by atoms with Gasteiger partial charge < -0.3 is 4.48 Å². The molecule has 2 rings (SSSR count). The molecule has 2 saturated heterocycles. The Labute approximate surface area is 89.1 Å². The second kappa shape index (κ2) is 3.84. The molecule has 0 saturated carbocycles. The van der Waals surface area contributed by atoms with E-state index in [-0.39, 0.29) is 0 Å². The Kier molecular flexibility index (Phi) is 2.88. The summed E-state index contributed by atoms with van der Waals surface area (Å²) in [6, 6.07) is 0. The van der Waals surface area contributed by atoms with Crippen molar-refractivity contribution in [1.29, 1.82) is 0 Å². The molecule has 14 heavy (non-hydrogen) atoms. The molecule has 0 aromatic rings. The van der Waals surface area contributed by atoms with Crippen LogP contribution >= 0.6 is 0 Å². The molecule has 1 spiro atoms. The second-order valence-electron chi connectivity index (χ2n) is 6.03. The predicted octanol–water partition coefficient (Wildman–Crippen LogP) is 2.91. The lowest BCUT2D eigenvalue weighted by molar-refractivity contribution is -0.944. The molecule has 0 radical (unpaired) electrons. The van der Waals surface area contributed by atoms with Gasteiger partial charge in [0.05, 0.1) is 26.2 Å². The number of quaternary nitrogens is 1. The summed E-state index contributed by atoms with van der Waals surface area (Å²) in [5.41, 5.74) is 0. The van der Waals surface area contributed by atoms with E-state index in [9.17, 15) is 0 Å². The van der Waals surface area contributed by atoms with Crippen LogP contribution in [-0.2, 0) is 0 Å². The van der Waals surface area contributed by atoms with Crippen LogP contribution in [0, 0.1) is 17.8 Å². The number of nitrogens with zero attached hydrogens (tertiary/aromatic N) is 1. The standard InChI is InChI=1S/C13H26N/c1-11-9-14(7-5-4-6-8-14)10-12(2)13(11)3/h11-13H,4-10H2,1-3H3/q+1. The van der Waals surface area contributed by atoms with Crippen LogP contribution < -0.4 is 0 Å². The van der Waals surface area contributed by atoms with Crippen molar-refractivity contribution < 1.29 is 4.48 Å². The monoisotopic (exact) mass is 196 g/mol. The molecule has 0 bridgehead atoms. The smallest absolute Gasteiger partial charge is 0.0815 e. The first-order valence-corrected chi connectivity index (χ1v) is 6.48. The first-order chi connectivity index (χ1) is 6.63. The van der Waals surface area contributed by atoms with Crippen molar-refractivity contribution in [1.82, 2.24) is 0 Å². The lowest BCUT2D eigenvalue weighted by Crippen LogP contribution is -2.60. The fraction of sp³-hybridized carbons (Fsp3) is 1.00. The molecule has 2 aliphatic rings. The largest absolute Gasteiger partial charge is 0.323 e. The third kappa shape index (κ3) is 1.84. The van der Waals surface area contributed by atoms with Crippen LogP contribution in [0.1, 0.15) is 40.0 Å². The third-order valence-electron chi connectivity index (χ3n) is 4.91. The molecule has 2 heterocycles. The average molecular weight is 196 g/mol. The van der Waals surface area contributed by atoms with Gasteiger partial charge in [-0.3, -0.25) is 0 Å². The SMILES string of the molecule is CC1C[N+]2(CCCCC2)CC(C)C1C. The van der Waals surface area contributed by atoms with E-state index in [1.54, 1.807) is 0 Å². The van der Waals surface area contributed by atoms with Gasteiger partial charge in [0.2, 0.25) is 0 Å². The Bertz CT molecular complexity index is 179. The van der Waals surface area contributed by atoms with E-state index >= 15 is 0 Å². The van der Waals surface area contributed by atoms with Crippen LogP contribution in [-0.4, -0.2) is 30.7 Å². The van der Waals surface area contributed by atoms with E-state index in [1.807, 2.05) is 0 Å². The molecule has 2 fully saturated rings. The van der Waals surface area contributed by atoms with Crippen molar-refractivity contribution in [2.45, 2.75) is 40.0 Å². The maximum Gasteiger partial charge on any atom is 0.0815 e. The molecular weight excluding hydrogens is 170 g/mol. The highest BCUT2D eigenvalue weighted by Gasteiger charge is 2.41. The highest BCUT2D eigenvalue weighted by Crippen LogP contribution is 2.34. The highest BCUT2D eigenvalue weighted by atomic mass is 15.4. The van der Waals surface area contributed by atoms with E-state index in [0.717, 1.165) is 17.8 Å². The van der Waals surface area contributed by atoms with Crippen LogP contribution in [0.25, 0.3) is 0 Å². The summed E-state index contributed by atoms with van der Waals surface area (Å²) >= 11 is 0. The van der Waals surface area contributed by atoms with Crippen molar-refractivity contribution in [2.75, 3.05) is 26.2 Å². The van der Waals surface area contributed by atoms with Gasteiger partial charge in [-0.1, -0.05) is 20.8 Å². The van der Waals surface area contributed by atoms with Gasteiger partial charge in [-0.05, 0) is 25.2 Å². The van der Waals surface area contributed by atoms with Crippen molar-refractivity contribution >= 4 is 0 Å². The fourth-order valence-electron chi connectivity index (χ4n) is 3.74. The summed E-state index contributed by atoms with van der Waals surface area (Å²) < 4.78 is 1.46. The second-order valence-corrected chi connectivity index (χ2v) is 6.03. The van der Waals surface area contributed by atoms with E-state index in [1.165, 1.54) is 49.9 Å². The maximum absolute atomic E-state index is 2.47. The zero-order valence-electron chi connectivity index (χ0n) is 10.1. The summed E-state index contributed by atoms with van der Waals surface area (Å²) in [6.07, 6.45) is 4.44. The molecule has 2 atom stereocenters. The quantitative estimate of drug-likeness (QED) is 0.523. The molecule has 0 N–H and O–H groups in total. The first kappa shape index (κ1) is 10.5. The van der Waals surface area contributed by atoms with E-state index in [0.29, 0.717) is 0 Å². The minimum atomic E-state index is 0.942. The van der Waals surface area contributed by atoms with E-state index in [4.69, 9.17) is 0 Å². The third-order valence-corrected chi connectivity index (χ3v) is 4.91. The molecule has 0 aliphatic carbocycles. The normalized spacial score (nSPS) is 42.6. The molecule has 1 nitrogen and oxygen atoms in total. The Morgan fingerprint density at radius 1 is 0.786 bits per heavy atom. The number of rotatable bonds is 0. The summed E-state index contributed by atoms with van der Waals surface area (Å²) in [7, 11) is 0. The lowest BCUT2D eigenvalue weighted by Gasteiger charge is -2.50. The molecule has 2 aliphatic heterocycles. The molecule has 82 valence electrons.